The summed E-state index contributed by atoms with van der Waals surface area (Å²) in [6.07, 6.45) is 2.39. The molecule has 2 aromatic rings. The topological polar surface area (TPSA) is 71.5 Å². The van der Waals surface area contributed by atoms with Crippen molar-refractivity contribution in [2.24, 2.45) is 23.2 Å². The van der Waals surface area contributed by atoms with Crippen LogP contribution in [-0.2, 0) is 21.7 Å². The maximum Gasteiger partial charge on any atom is 0.223 e. The molecule has 0 aliphatic heterocycles. The highest BCUT2D eigenvalue weighted by Gasteiger charge is 2.53. The molecule has 1 heterocycles. The Bertz CT molecular complexity index is 950. The van der Waals surface area contributed by atoms with E-state index in [1.807, 2.05) is 36.1 Å². The van der Waals surface area contributed by atoms with Crippen molar-refractivity contribution in [2.45, 2.75) is 62.7 Å². The number of carbonyl (C=O) groups excluding carboxylic acids is 1. The largest absolute Gasteiger partial charge is 0.392 e. The van der Waals surface area contributed by atoms with E-state index < -0.39 is 6.10 Å². The zero-order chi connectivity index (χ0) is 23.6. The molecule has 1 amide bonds. The Labute approximate surface area is 205 Å². The smallest absolute Gasteiger partial charge is 0.223 e. The lowest BCUT2D eigenvalue weighted by molar-refractivity contribution is -0.135. The summed E-state index contributed by atoms with van der Waals surface area (Å²) >= 11 is 3.67. The van der Waals surface area contributed by atoms with Crippen LogP contribution in [0.5, 0.6) is 0 Å². The summed E-state index contributed by atoms with van der Waals surface area (Å²) in [6.45, 7) is 7.52. The number of amides is 1. The number of aromatic nitrogens is 1. The number of ether oxygens (including phenoxy) is 1. The predicted octanol–water partition coefficient (Wildman–Crippen LogP) is 4.89. The van der Waals surface area contributed by atoms with Gasteiger partial charge in [-0.15, -0.1) is 23.1 Å². The second-order valence-corrected chi connectivity index (χ2v) is 12.1. The number of aliphatic hydroxyl groups excluding tert-OH is 1. The molecule has 180 valence electrons. The predicted molar refractivity (Wildman–Crippen MR) is 135 cm³/mol. The normalized spacial score (nSPS) is 29.7. The van der Waals surface area contributed by atoms with E-state index in [1.165, 1.54) is 20.5 Å². The average molecular weight is 489 g/mol. The quantitative estimate of drug-likeness (QED) is 0.409. The lowest BCUT2D eigenvalue weighted by Crippen LogP contribution is -2.53. The molecule has 0 saturated heterocycles. The van der Waals surface area contributed by atoms with Crippen molar-refractivity contribution in [2.75, 3.05) is 20.3 Å². The minimum Gasteiger partial charge on any atom is -0.392 e. The van der Waals surface area contributed by atoms with Crippen LogP contribution in [-0.4, -0.2) is 42.4 Å². The number of thioether (sulfide) groups is 1. The van der Waals surface area contributed by atoms with Crippen LogP contribution in [0.15, 0.2) is 35.2 Å². The molecule has 2 N–H and O–H groups in total. The molecule has 2 aliphatic carbocycles. The van der Waals surface area contributed by atoms with Gasteiger partial charge in [-0.05, 0) is 48.6 Å². The standard InChI is InChI=1S/C26H36N2O3S2/c1-16(25(30)27-12-13-31-4)19-10-11-26(3)14-20-23(17(2)22(26)24(19)29)28-21(33-20)15-32-18-8-6-5-7-9-18/h5-9,16-17,19,22,24,29H,10-15H2,1-4H3,(H,27,30)/t16-,17+,19-,22+,24-,26+/m0/s1. The minimum absolute atomic E-state index is 0.0118. The molecule has 0 bridgehead atoms. The summed E-state index contributed by atoms with van der Waals surface area (Å²) in [6, 6.07) is 10.5. The Balaban J connectivity index is 1.48. The van der Waals surface area contributed by atoms with Gasteiger partial charge in [-0.3, -0.25) is 4.79 Å². The molecule has 4 rings (SSSR count). The van der Waals surface area contributed by atoms with E-state index in [2.05, 4.69) is 43.4 Å². The maximum absolute atomic E-state index is 12.7. The van der Waals surface area contributed by atoms with Crippen LogP contribution >= 0.6 is 23.1 Å². The van der Waals surface area contributed by atoms with Gasteiger partial charge in [0.25, 0.3) is 0 Å². The molecule has 1 saturated carbocycles. The van der Waals surface area contributed by atoms with Gasteiger partial charge in [-0.25, -0.2) is 4.98 Å². The lowest BCUT2D eigenvalue weighted by Gasteiger charge is -2.53. The van der Waals surface area contributed by atoms with Gasteiger partial charge in [0.05, 0.1) is 24.2 Å². The van der Waals surface area contributed by atoms with Crippen molar-refractivity contribution >= 4 is 29.0 Å². The third kappa shape index (κ3) is 5.16. The molecule has 1 aromatic heterocycles. The molecule has 0 spiro atoms. The number of fused-ring (bicyclic) bond motifs is 2. The highest BCUT2D eigenvalue weighted by atomic mass is 32.2. The van der Waals surface area contributed by atoms with Gasteiger partial charge in [-0.1, -0.05) is 39.0 Å². The first-order chi connectivity index (χ1) is 15.8. The molecule has 2 aliphatic rings. The van der Waals surface area contributed by atoms with Crippen LogP contribution in [0.1, 0.15) is 55.1 Å². The van der Waals surface area contributed by atoms with Gasteiger partial charge in [0, 0.05) is 35.3 Å². The SMILES string of the molecule is COCCNC(=O)[C@@H](C)[C@@H]1CC[C@]2(C)Cc3sc(CSc4ccccc4)nc3[C@H](C)[C@@H]2[C@H]1O. The molecule has 1 fully saturated rings. The summed E-state index contributed by atoms with van der Waals surface area (Å²) < 4.78 is 5.04. The monoisotopic (exact) mass is 488 g/mol. The van der Waals surface area contributed by atoms with Crippen LogP contribution in [0, 0.1) is 23.2 Å². The molecule has 33 heavy (non-hydrogen) atoms. The Hall–Kier alpha value is -1.41. The number of nitrogens with one attached hydrogen (secondary N) is 1. The average Bonchev–Trinajstić information content (AvgIpc) is 3.20. The minimum atomic E-state index is -0.501. The number of hydrogen-bond acceptors (Lipinski definition) is 6. The summed E-state index contributed by atoms with van der Waals surface area (Å²) in [5.74, 6) is 0.948. The summed E-state index contributed by atoms with van der Waals surface area (Å²) in [7, 11) is 1.63. The molecular formula is C26H36N2O3S2. The molecule has 7 heteroatoms. The summed E-state index contributed by atoms with van der Waals surface area (Å²) in [5, 5.41) is 15.7. The Morgan fingerprint density at radius 2 is 2.15 bits per heavy atom. The van der Waals surface area contributed by atoms with Crippen molar-refractivity contribution in [1.29, 1.82) is 0 Å². The first-order valence-corrected chi connectivity index (χ1v) is 13.8. The van der Waals surface area contributed by atoms with Gasteiger partial charge in [0.15, 0.2) is 0 Å². The highest BCUT2D eigenvalue weighted by molar-refractivity contribution is 7.98. The Kier molecular flexibility index (Phi) is 7.83. The third-order valence-electron chi connectivity index (χ3n) is 7.73. The molecule has 5 nitrogen and oxygen atoms in total. The maximum atomic E-state index is 12.7. The second kappa shape index (κ2) is 10.5. The Morgan fingerprint density at radius 1 is 1.39 bits per heavy atom. The third-order valence-corrected chi connectivity index (χ3v) is 10.0. The number of benzene rings is 1. The van der Waals surface area contributed by atoms with Gasteiger partial charge in [0.2, 0.25) is 5.91 Å². The molecule has 0 radical (unpaired) electrons. The van der Waals surface area contributed by atoms with E-state index in [9.17, 15) is 9.90 Å². The zero-order valence-corrected chi connectivity index (χ0v) is 21.7. The number of rotatable bonds is 8. The van der Waals surface area contributed by atoms with E-state index in [4.69, 9.17) is 9.72 Å². The molecule has 1 aromatic carbocycles. The fraction of sp³-hybridized carbons (Fsp3) is 0.615. The number of methoxy groups -OCH3 is 1. The van der Waals surface area contributed by atoms with E-state index >= 15 is 0 Å². The van der Waals surface area contributed by atoms with Crippen LogP contribution in [0.25, 0.3) is 0 Å². The first kappa shape index (κ1) is 24.7. The lowest BCUT2D eigenvalue weighted by atomic mass is 9.53. The van der Waals surface area contributed by atoms with Gasteiger partial charge in [0.1, 0.15) is 5.01 Å². The van der Waals surface area contributed by atoms with Gasteiger partial charge < -0.3 is 15.2 Å². The number of hydrogen-bond donors (Lipinski definition) is 2. The van der Waals surface area contributed by atoms with Crippen molar-refractivity contribution in [3.8, 4) is 0 Å². The van der Waals surface area contributed by atoms with Crippen molar-refractivity contribution < 1.29 is 14.6 Å². The summed E-state index contributed by atoms with van der Waals surface area (Å²) in [5.41, 5.74) is 1.22. The van der Waals surface area contributed by atoms with Crippen LogP contribution in [0.2, 0.25) is 0 Å². The number of carbonyl (C=O) groups is 1. The van der Waals surface area contributed by atoms with E-state index in [-0.39, 0.29) is 35.0 Å². The highest BCUT2D eigenvalue weighted by Crippen LogP contribution is 2.57. The van der Waals surface area contributed by atoms with Crippen LogP contribution < -0.4 is 5.32 Å². The first-order valence-electron chi connectivity index (χ1n) is 11.9. The fourth-order valence-electron chi connectivity index (χ4n) is 5.95. The van der Waals surface area contributed by atoms with Crippen molar-refractivity contribution in [3.63, 3.8) is 0 Å². The van der Waals surface area contributed by atoms with Gasteiger partial charge in [-0.2, -0.15) is 0 Å². The van der Waals surface area contributed by atoms with Crippen molar-refractivity contribution in [1.82, 2.24) is 10.3 Å². The van der Waals surface area contributed by atoms with Crippen molar-refractivity contribution in [3.05, 3.63) is 45.9 Å². The number of thiazole rings is 1. The Morgan fingerprint density at radius 3 is 2.88 bits per heavy atom. The van der Waals surface area contributed by atoms with Crippen LogP contribution in [0.3, 0.4) is 0 Å². The molecule has 0 unspecified atom stereocenters. The second-order valence-electron chi connectivity index (χ2n) is 9.93. The fourth-order valence-corrected chi connectivity index (χ4v) is 8.24. The van der Waals surface area contributed by atoms with Gasteiger partial charge >= 0.3 is 0 Å². The molecule has 6 atom stereocenters. The number of nitrogens with zero attached hydrogens (tertiary/aromatic N) is 1. The van der Waals surface area contributed by atoms with E-state index in [0.29, 0.717) is 13.2 Å². The molecular weight excluding hydrogens is 452 g/mol. The van der Waals surface area contributed by atoms with E-state index in [0.717, 1.165) is 25.0 Å². The van der Waals surface area contributed by atoms with E-state index in [1.54, 1.807) is 7.11 Å². The zero-order valence-electron chi connectivity index (χ0n) is 20.0. The summed E-state index contributed by atoms with van der Waals surface area (Å²) in [4.78, 5) is 20.4. The number of aliphatic hydroxyl groups is 1. The van der Waals surface area contributed by atoms with Crippen LogP contribution in [0.4, 0.5) is 0 Å².